The zero-order valence-corrected chi connectivity index (χ0v) is 20.1. The third kappa shape index (κ3) is 4.07. The Bertz CT molecular complexity index is 1250. The molecule has 6 heteroatoms. The Kier molecular flexibility index (Phi) is 7.39. The molecule has 2 N–H and O–H groups in total. The second-order valence-electron chi connectivity index (χ2n) is 7.53. The van der Waals surface area contributed by atoms with E-state index in [4.69, 9.17) is 23.7 Å². The molecule has 0 fully saturated rings. The molecule has 4 aromatic carbocycles. The molecule has 0 amide bonds. The maximum absolute atomic E-state index is 5.90. The van der Waals surface area contributed by atoms with Gasteiger partial charge in [0.2, 0.25) is 0 Å². The number of benzene rings is 4. The minimum Gasteiger partial charge on any atom is -0.496 e. The Morgan fingerprint density at radius 1 is 0.485 bits per heavy atom. The zero-order chi connectivity index (χ0) is 22.8. The van der Waals surface area contributed by atoms with Crippen molar-refractivity contribution in [2.24, 2.45) is 0 Å². The molecule has 33 heavy (non-hydrogen) atoms. The summed E-state index contributed by atoms with van der Waals surface area (Å²) in [6.45, 7) is 7.20. The van der Waals surface area contributed by atoms with Crippen molar-refractivity contribution in [1.29, 1.82) is 0 Å². The maximum atomic E-state index is 5.90. The van der Waals surface area contributed by atoms with Gasteiger partial charge in [0.15, 0.2) is 23.0 Å². The Balaban J connectivity index is 0.00000306. The average Bonchev–Trinajstić information content (AvgIpc) is 2.83. The zero-order valence-electron chi connectivity index (χ0n) is 20.1. The van der Waals surface area contributed by atoms with Crippen LogP contribution in [0.2, 0.25) is 0 Å². The van der Waals surface area contributed by atoms with Crippen molar-refractivity contribution in [2.75, 3.05) is 34.5 Å². The van der Waals surface area contributed by atoms with E-state index in [2.05, 4.69) is 37.3 Å². The van der Waals surface area contributed by atoms with Crippen molar-refractivity contribution in [2.45, 2.75) is 27.2 Å². The molecule has 4 rings (SSSR count). The molecule has 0 atom stereocenters. The minimum absolute atomic E-state index is 0. The first-order valence-electron chi connectivity index (χ1n) is 11.0. The summed E-state index contributed by atoms with van der Waals surface area (Å²) in [6, 6.07) is 12.6. The molecule has 0 saturated carbocycles. The Morgan fingerprint density at radius 3 is 1.15 bits per heavy atom. The van der Waals surface area contributed by atoms with E-state index in [9.17, 15) is 0 Å². The molecule has 0 heterocycles. The molecule has 0 aromatic heterocycles. The van der Waals surface area contributed by atoms with Crippen molar-refractivity contribution >= 4 is 32.3 Å². The van der Waals surface area contributed by atoms with Crippen molar-refractivity contribution in [3.63, 3.8) is 0 Å². The topological polar surface area (TPSA) is 77.7 Å². The highest BCUT2D eigenvalue weighted by molar-refractivity contribution is 6.26. The average molecular weight is 453 g/mol. The van der Waals surface area contributed by atoms with Crippen LogP contribution in [0.25, 0.3) is 32.3 Å². The van der Waals surface area contributed by atoms with Crippen LogP contribution in [0.5, 0.6) is 28.7 Å². The van der Waals surface area contributed by atoms with Gasteiger partial charge in [0, 0.05) is 0 Å². The van der Waals surface area contributed by atoms with Gasteiger partial charge in [-0.05, 0) is 94.5 Å². The van der Waals surface area contributed by atoms with E-state index in [0.29, 0.717) is 24.7 Å². The summed E-state index contributed by atoms with van der Waals surface area (Å²) < 4.78 is 28.9. The molecule has 0 radical (unpaired) electrons. The number of aryl methyl sites for hydroxylation is 1. The molecule has 0 aliphatic rings. The van der Waals surface area contributed by atoms with Gasteiger partial charge < -0.3 is 29.2 Å². The number of hydrogen-bond donors (Lipinski definition) is 0. The molecule has 6 nitrogen and oxygen atoms in total. The number of fused-ring (bicyclic) bond motifs is 6. The van der Waals surface area contributed by atoms with Crippen LogP contribution in [-0.2, 0) is 6.42 Å². The van der Waals surface area contributed by atoms with E-state index in [1.165, 1.54) is 0 Å². The van der Waals surface area contributed by atoms with Crippen LogP contribution in [0.3, 0.4) is 0 Å². The van der Waals surface area contributed by atoms with Crippen molar-refractivity contribution in [3.05, 3.63) is 42.0 Å². The van der Waals surface area contributed by atoms with Crippen molar-refractivity contribution < 1.29 is 29.2 Å². The third-order valence-corrected chi connectivity index (χ3v) is 5.88. The lowest BCUT2D eigenvalue weighted by Gasteiger charge is -2.18. The van der Waals surface area contributed by atoms with Gasteiger partial charge >= 0.3 is 0 Å². The predicted molar refractivity (Wildman–Crippen MR) is 134 cm³/mol. The first-order valence-corrected chi connectivity index (χ1v) is 11.0. The molecular formula is C27H32O6. The number of rotatable bonds is 8. The second-order valence-corrected chi connectivity index (χ2v) is 7.53. The van der Waals surface area contributed by atoms with E-state index in [1.54, 1.807) is 21.3 Å². The van der Waals surface area contributed by atoms with E-state index in [-0.39, 0.29) is 5.48 Å². The van der Waals surface area contributed by atoms with Crippen LogP contribution in [-0.4, -0.2) is 40.0 Å². The van der Waals surface area contributed by atoms with Gasteiger partial charge in [-0.2, -0.15) is 0 Å². The fraction of sp³-hybridized carbons (Fsp3) is 0.333. The smallest absolute Gasteiger partial charge is 0.161 e. The highest BCUT2D eigenvalue weighted by Crippen LogP contribution is 2.45. The third-order valence-electron chi connectivity index (χ3n) is 5.88. The monoisotopic (exact) mass is 452 g/mol. The first-order chi connectivity index (χ1) is 15.6. The Morgan fingerprint density at radius 2 is 0.818 bits per heavy atom. The summed E-state index contributed by atoms with van der Waals surface area (Å²) in [5, 5.41) is 6.53. The molecular weight excluding hydrogens is 420 g/mol. The molecule has 0 saturated heterocycles. The molecule has 0 bridgehead atoms. The van der Waals surface area contributed by atoms with Crippen LogP contribution >= 0.6 is 0 Å². The van der Waals surface area contributed by atoms with Gasteiger partial charge in [0.25, 0.3) is 0 Å². The van der Waals surface area contributed by atoms with Crippen molar-refractivity contribution in [3.8, 4) is 28.7 Å². The van der Waals surface area contributed by atoms with Gasteiger partial charge in [0.05, 0.1) is 34.5 Å². The standard InChI is InChI=1S/C27H30O5.H2O/c1-7-16-10-17-18(11-23(16)28-4)21-14-26(31-8-2)25(30-6)13-20(21)22-15-27(32-9-3)24(29-5)12-19(17)22;/h10-15H,7-9H2,1-6H3;1H2. The van der Waals surface area contributed by atoms with E-state index >= 15 is 0 Å². The molecule has 0 aliphatic carbocycles. The van der Waals surface area contributed by atoms with Crippen LogP contribution in [0, 0.1) is 0 Å². The molecule has 176 valence electrons. The fourth-order valence-electron chi connectivity index (χ4n) is 4.40. The quantitative estimate of drug-likeness (QED) is 0.320. The predicted octanol–water partition coefficient (Wildman–Crippen LogP) is 5.71. The Hall–Kier alpha value is -3.38. The summed E-state index contributed by atoms with van der Waals surface area (Å²) >= 11 is 0. The lowest BCUT2D eigenvalue weighted by atomic mass is 9.91. The van der Waals surface area contributed by atoms with Crippen LogP contribution < -0.4 is 23.7 Å². The van der Waals surface area contributed by atoms with Gasteiger partial charge in [-0.1, -0.05) is 6.92 Å². The minimum atomic E-state index is 0. The van der Waals surface area contributed by atoms with E-state index in [0.717, 1.165) is 61.6 Å². The fourth-order valence-corrected chi connectivity index (χ4v) is 4.40. The maximum Gasteiger partial charge on any atom is 0.161 e. The Labute approximate surface area is 194 Å². The SMILES string of the molecule is CCOc1cc2c3cc(OC)c(CC)cc3c3cc(OC)c(OCC)cc3c2cc1OC.O. The summed E-state index contributed by atoms with van der Waals surface area (Å²) in [4.78, 5) is 0. The lowest BCUT2D eigenvalue weighted by Crippen LogP contribution is -1.98. The highest BCUT2D eigenvalue weighted by atomic mass is 16.5. The number of hydrogen-bond acceptors (Lipinski definition) is 5. The summed E-state index contributed by atoms with van der Waals surface area (Å²) in [5.74, 6) is 3.74. The van der Waals surface area contributed by atoms with Crippen molar-refractivity contribution in [1.82, 2.24) is 0 Å². The molecule has 0 aliphatic heterocycles. The van der Waals surface area contributed by atoms with Crippen LogP contribution in [0.1, 0.15) is 26.3 Å². The molecule has 0 unspecified atom stereocenters. The van der Waals surface area contributed by atoms with Crippen LogP contribution in [0.4, 0.5) is 0 Å². The number of methoxy groups -OCH3 is 3. The molecule has 0 spiro atoms. The highest BCUT2D eigenvalue weighted by Gasteiger charge is 2.18. The summed E-state index contributed by atoms with van der Waals surface area (Å²) in [6.07, 6.45) is 0.875. The van der Waals surface area contributed by atoms with E-state index < -0.39 is 0 Å². The molecule has 4 aromatic rings. The number of ether oxygens (including phenoxy) is 5. The summed E-state index contributed by atoms with van der Waals surface area (Å²) in [7, 11) is 5.05. The first kappa shape index (κ1) is 24.3. The van der Waals surface area contributed by atoms with Crippen LogP contribution in [0.15, 0.2) is 36.4 Å². The van der Waals surface area contributed by atoms with Gasteiger partial charge in [0.1, 0.15) is 5.75 Å². The summed E-state index contributed by atoms with van der Waals surface area (Å²) in [5.41, 5.74) is 1.16. The van der Waals surface area contributed by atoms with Gasteiger partial charge in [-0.25, -0.2) is 0 Å². The second kappa shape index (κ2) is 10.0. The largest absolute Gasteiger partial charge is 0.496 e. The van der Waals surface area contributed by atoms with Gasteiger partial charge in [-0.3, -0.25) is 0 Å². The lowest BCUT2D eigenvalue weighted by molar-refractivity contribution is 0.311. The van der Waals surface area contributed by atoms with E-state index in [1.807, 2.05) is 19.9 Å². The van der Waals surface area contributed by atoms with Gasteiger partial charge in [-0.15, -0.1) is 0 Å². The normalized spacial score (nSPS) is 10.8.